The quantitative estimate of drug-likeness (QED) is 0.497. The molecule has 1 atom stereocenters. The number of ether oxygens (including phenoxy) is 1. The predicted octanol–water partition coefficient (Wildman–Crippen LogP) is 3.53. The molecule has 32 heavy (non-hydrogen) atoms. The molecule has 0 radical (unpaired) electrons. The molecule has 1 aliphatic heterocycles. The molecule has 0 saturated carbocycles. The summed E-state index contributed by atoms with van der Waals surface area (Å²) in [4.78, 5) is 29.5. The number of fused-ring (bicyclic) bond motifs is 1. The van der Waals surface area contributed by atoms with E-state index in [1.807, 2.05) is 12.3 Å². The van der Waals surface area contributed by atoms with Gasteiger partial charge in [0, 0.05) is 6.54 Å². The number of hydrogen-bond acceptors (Lipinski definition) is 6. The van der Waals surface area contributed by atoms with Gasteiger partial charge in [-0.15, -0.1) is 12.4 Å². The van der Waals surface area contributed by atoms with Crippen molar-refractivity contribution in [2.75, 3.05) is 45.4 Å². The first-order valence-electron chi connectivity index (χ1n) is 10.9. The van der Waals surface area contributed by atoms with Crippen LogP contribution in [0.5, 0.6) is 0 Å². The number of rotatable bonds is 11. The molecule has 176 valence electrons. The number of likely N-dealkylation sites (tertiary alicyclic amines) is 1. The summed E-state index contributed by atoms with van der Waals surface area (Å²) in [6.07, 6.45) is 4.95. The number of carbonyl (C=O) groups excluding carboxylic acids is 2. The Balaban J connectivity index is 0.00000363. The second-order valence-corrected chi connectivity index (χ2v) is 9.00. The molecule has 1 aliphatic rings. The highest BCUT2D eigenvalue weighted by molar-refractivity contribution is 7.98. The Bertz CT molecular complexity index is 871. The van der Waals surface area contributed by atoms with Crippen molar-refractivity contribution in [3.8, 4) is 0 Å². The minimum atomic E-state index is -0.601. The van der Waals surface area contributed by atoms with Gasteiger partial charge >= 0.3 is 5.97 Å². The summed E-state index contributed by atoms with van der Waals surface area (Å²) >= 11 is 1.65. The van der Waals surface area contributed by atoms with Crippen molar-refractivity contribution >= 4 is 46.8 Å². The van der Waals surface area contributed by atoms with Crippen molar-refractivity contribution in [2.24, 2.45) is 0 Å². The SMILES string of the molecule is COC(=O)C(CCSC)NC(=O)CN(Cc1cccc2ccccc12)CN1CCCC1.Cl. The maximum atomic E-state index is 12.9. The first kappa shape index (κ1) is 26.5. The fourth-order valence-corrected chi connectivity index (χ4v) is 4.58. The Hall–Kier alpha value is -1.80. The van der Waals surface area contributed by atoms with E-state index in [1.54, 1.807) is 11.8 Å². The van der Waals surface area contributed by atoms with E-state index in [2.05, 4.69) is 51.5 Å². The van der Waals surface area contributed by atoms with Crippen LogP contribution in [0.4, 0.5) is 0 Å². The summed E-state index contributed by atoms with van der Waals surface area (Å²) in [5, 5.41) is 5.31. The molecule has 6 nitrogen and oxygen atoms in total. The van der Waals surface area contributed by atoms with Crippen LogP contribution in [0.2, 0.25) is 0 Å². The van der Waals surface area contributed by atoms with E-state index in [4.69, 9.17) is 4.74 Å². The molecule has 1 fully saturated rings. The summed E-state index contributed by atoms with van der Waals surface area (Å²) in [5.41, 5.74) is 1.21. The summed E-state index contributed by atoms with van der Waals surface area (Å²) in [6, 6.07) is 14.1. The van der Waals surface area contributed by atoms with Crippen molar-refractivity contribution in [1.82, 2.24) is 15.1 Å². The number of nitrogens with zero attached hydrogens (tertiary/aromatic N) is 2. The summed E-state index contributed by atoms with van der Waals surface area (Å²) in [7, 11) is 1.36. The molecule has 1 amide bonds. The van der Waals surface area contributed by atoms with Crippen LogP contribution >= 0.6 is 24.2 Å². The van der Waals surface area contributed by atoms with Gasteiger partial charge in [0.1, 0.15) is 6.04 Å². The van der Waals surface area contributed by atoms with Gasteiger partial charge in [0.15, 0.2) is 0 Å². The van der Waals surface area contributed by atoms with E-state index in [1.165, 1.54) is 36.3 Å². The van der Waals surface area contributed by atoms with E-state index < -0.39 is 6.04 Å². The van der Waals surface area contributed by atoms with E-state index in [-0.39, 0.29) is 30.8 Å². The number of halogens is 1. The van der Waals surface area contributed by atoms with Gasteiger partial charge in [-0.05, 0) is 60.7 Å². The molecule has 8 heteroatoms. The summed E-state index contributed by atoms with van der Waals surface area (Å²) < 4.78 is 4.88. The van der Waals surface area contributed by atoms with E-state index >= 15 is 0 Å². The molecule has 2 aromatic carbocycles. The molecule has 0 bridgehead atoms. The van der Waals surface area contributed by atoms with Gasteiger partial charge < -0.3 is 10.1 Å². The van der Waals surface area contributed by atoms with Gasteiger partial charge in [-0.2, -0.15) is 11.8 Å². The van der Waals surface area contributed by atoms with E-state index in [0.717, 1.165) is 25.5 Å². The molecule has 3 rings (SSSR count). The molecular formula is C24H34ClN3O3S. The fraction of sp³-hybridized carbons (Fsp3) is 0.500. The highest BCUT2D eigenvalue weighted by Crippen LogP contribution is 2.20. The summed E-state index contributed by atoms with van der Waals surface area (Å²) in [5.74, 6) is 0.256. The van der Waals surface area contributed by atoms with Crippen LogP contribution < -0.4 is 5.32 Å². The predicted molar refractivity (Wildman–Crippen MR) is 134 cm³/mol. The van der Waals surface area contributed by atoms with Crippen LogP contribution in [-0.4, -0.2) is 73.1 Å². The molecule has 1 heterocycles. The van der Waals surface area contributed by atoms with Crippen molar-refractivity contribution < 1.29 is 14.3 Å². The average Bonchev–Trinajstić information content (AvgIpc) is 3.29. The lowest BCUT2D eigenvalue weighted by Gasteiger charge is -2.28. The van der Waals surface area contributed by atoms with Gasteiger partial charge in [0.2, 0.25) is 5.91 Å². The Morgan fingerprint density at radius 2 is 1.88 bits per heavy atom. The summed E-state index contributed by atoms with van der Waals surface area (Å²) in [6.45, 7) is 3.79. The number of hydrogen-bond donors (Lipinski definition) is 1. The van der Waals surface area contributed by atoms with E-state index in [0.29, 0.717) is 13.0 Å². The van der Waals surface area contributed by atoms with E-state index in [9.17, 15) is 9.59 Å². The Kier molecular flexibility index (Phi) is 11.3. The number of carbonyl (C=O) groups is 2. The third-order valence-corrected chi connectivity index (χ3v) is 6.32. The van der Waals surface area contributed by atoms with Gasteiger partial charge in [0.05, 0.1) is 20.3 Å². The zero-order valence-electron chi connectivity index (χ0n) is 18.9. The number of methoxy groups -OCH3 is 1. The number of benzene rings is 2. The minimum Gasteiger partial charge on any atom is -0.467 e. The van der Waals surface area contributed by atoms with Gasteiger partial charge in [-0.25, -0.2) is 4.79 Å². The van der Waals surface area contributed by atoms with Crippen molar-refractivity contribution in [3.63, 3.8) is 0 Å². The number of esters is 1. The topological polar surface area (TPSA) is 61.9 Å². The molecule has 0 aliphatic carbocycles. The normalized spacial score (nSPS) is 14.8. The van der Waals surface area contributed by atoms with Gasteiger partial charge in [0.25, 0.3) is 0 Å². The number of nitrogens with one attached hydrogen (secondary N) is 1. The second-order valence-electron chi connectivity index (χ2n) is 8.02. The third kappa shape index (κ3) is 7.66. The molecule has 0 aromatic heterocycles. The first-order valence-corrected chi connectivity index (χ1v) is 12.3. The van der Waals surface area contributed by atoms with Gasteiger partial charge in [-0.3, -0.25) is 14.6 Å². The Morgan fingerprint density at radius 1 is 1.16 bits per heavy atom. The maximum Gasteiger partial charge on any atom is 0.328 e. The number of thioether (sulfide) groups is 1. The van der Waals surface area contributed by atoms with Crippen LogP contribution in [0, 0.1) is 0 Å². The van der Waals surface area contributed by atoms with Crippen LogP contribution in [0.3, 0.4) is 0 Å². The lowest BCUT2D eigenvalue weighted by atomic mass is 10.0. The lowest BCUT2D eigenvalue weighted by molar-refractivity contribution is -0.145. The molecule has 1 unspecified atom stereocenters. The zero-order valence-corrected chi connectivity index (χ0v) is 20.6. The molecule has 1 N–H and O–H groups in total. The standard InChI is InChI=1S/C24H33N3O3S.ClH/c1-30-24(29)22(12-15-31-2)25-23(28)17-27(18-26-13-5-6-14-26)16-20-10-7-9-19-8-3-4-11-21(19)20;/h3-4,7-11,22H,5-6,12-18H2,1-2H3,(H,25,28);1H. The van der Waals surface area contributed by atoms with Crippen LogP contribution in [0.15, 0.2) is 42.5 Å². The highest BCUT2D eigenvalue weighted by atomic mass is 35.5. The monoisotopic (exact) mass is 479 g/mol. The van der Waals surface area contributed by atoms with Crippen LogP contribution in [-0.2, 0) is 20.9 Å². The second kappa shape index (κ2) is 13.7. The van der Waals surface area contributed by atoms with Crippen LogP contribution in [0.1, 0.15) is 24.8 Å². The molecule has 2 aromatic rings. The number of amides is 1. The smallest absolute Gasteiger partial charge is 0.328 e. The van der Waals surface area contributed by atoms with Crippen molar-refractivity contribution in [1.29, 1.82) is 0 Å². The third-order valence-electron chi connectivity index (χ3n) is 5.67. The lowest BCUT2D eigenvalue weighted by Crippen LogP contribution is -2.48. The molecule has 0 spiro atoms. The Morgan fingerprint density at radius 3 is 2.59 bits per heavy atom. The van der Waals surface area contributed by atoms with Crippen molar-refractivity contribution in [3.05, 3.63) is 48.0 Å². The van der Waals surface area contributed by atoms with Crippen molar-refractivity contribution in [2.45, 2.75) is 31.8 Å². The largest absolute Gasteiger partial charge is 0.467 e. The Labute approximate surface area is 201 Å². The van der Waals surface area contributed by atoms with Gasteiger partial charge in [-0.1, -0.05) is 42.5 Å². The highest BCUT2D eigenvalue weighted by Gasteiger charge is 2.24. The average molecular weight is 480 g/mol. The maximum absolute atomic E-state index is 12.9. The minimum absolute atomic E-state index is 0. The first-order chi connectivity index (χ1) is 15.1. The van der Waals surface area contributed by atoms with Crippen LogP contribution in [0.25, 0.3) is 10.8 Å². The molecular weight excluding hydrogens is 446 g/mol. The zero-order chi connectivity index (χ0) is 22.1. The fourth-order valence-electron chi connectivity index (χ4n) is 4.10. The molecule has 1 saturated heterocycles.